The zero-order valence-electron chi connectivity index (χ0n) is 28.3. The topological polar surface area (TPSA) is 207 Å². The van der Waals surface area contributed by atoms with Crippen LogP contribution in [0.25, 0.3) is 22.9 Å². The van der Waals surface area contributed by atoms with Crippen molar-refractivity contribution in [2.24, 2.45) is 0 Å². The van der Waals surface area contributed by atoms with E-state index in [0.29, 0.717) is 33.4 Å². The quantitative estimate of drug-likeness (QED) is 0.153. The minimum absolute atomic E-state index is 0. The molecular weight excluding hydrogens is 742 g/mol. The van der Waals surface area contributed by atoms with Gasteiger partial charge in [0.1, 0.15) is 0 Å². The number of ether oxygens (including phenoxy) is 1. The van der Waals surface area contributed by atoms with Crippen LogP contribution in [0, 0.1) is 0 Å². The molecule has 4 N–H and O–H groups in total. The predicted octanol–water partition coefficient (Wildman–Crippen LogP) is 10.7. The summed E-state index contributed by atoms with van der Waals surface area (Å²) in [4.78, 5) is 63.2. The summed E-state index contributed by atoms with van der Waals surface area (Å²) in [7, 11) is 0. The van der Waals surface area contributed by atoms with Gasteiger partial charge >= 0.3 is 11.9 Å². The van der Waals surface area contributed by atoms with Gasteiger partial charge in [-0.1, -0.05) is 102 Å². The summed E-state index contributed by atoms with van der Waals surface area (Å²) in [6.07, 6.45) is 7.92. The minimum Gasteiger partial charge on any atom is -0.693 e. The fourth-order valence-corrected chi connectivity index (χ4v) is 1.70. The second-order valence-corrected chi connectivity index (χ2v) is 8.87. The molecule has 2 radical (unpaired) electrons. The van der Waals surface area contributed by atoms with Crippen LogP contribution in [0.5, 0.6) is 0 Å². The fourth-order valence-electron chi connectivity index (χ4n) is 1.70. The van der Waals surface area contributed by atoms with Crippen LogP contribution < -0.4 is 0 Å². The number of carbonyl (C=O) groups is 6. The van der Waals surface area contributed by atoms with Gasteiger partial charge in [0.2, 0.25) is 0 Å². The third-order valence-corrected chi connectivity index (χ3v) is 5.67. The number of rotatable bonds is 3. The molecular formula is C33H64N4O7Y2-4. The number of amides is 4. The summed E-state index contributed by atoms with van der Waals surface area (Å²) in [5.41, 5.74) is 2.72. The van der Waals surface area contributed by atoms with Gasteiger partial charge in [-0.3, -0.25) is 0 Å². The molecule has 0 saturated heterocycles. The Kier molecular flexibility index (Phi) is 64.5. The van der Waals surface area contributed by atoms with Crippen LogP contribution in [-0.4, -0.2) is 35.6 Å². The van der Waals surface area contributed by atoms with E-state index in [0.717, 1.165) is 0 Å². The van der Waals surface area contributed by atoms with Crippen LogP contribution in [-0.2, 0) is 98.9 Å². The molecule has 0 aromatic rings. The van der Waals surface area contributed by atoms with E-state index in [4.69, 9.17) is 0 Å². The molecule has 3 aliphatic rings. The Balaban J connectivity index is -0.0000000425. The average Bonchev–Trinajstić information content (AvgIpc) is 3.39. The summed E-state index contributed by atoms with van der Waals surface area (Å²) in [6, 6.07) is 0. The second kappa shape index (κ2) is 41.8. The van der Waals surface area contributed by atoms with Gasteiger partial charge < -0.3 is 46.8 Å². The molecule has 4 amide bonds. The molecule has 0 atom stereocenters. The van der Waals surface area contributed by atoms with E-state index < -0.39 is 35.6 Å². The molecule has 268 valence electrons. The van der Waals surface area contributed by atoms with Crippen LogP contribution in [0.15, 0.2) is 33.4 Å². The Morgan fingerprint density at radius 2 is 0.543 bits per heavy atom. The van der Waals surface area contributed by atoms with Crippen LogP contribution in [0.1, 0.15) is 144 Å². The van der Waals surface area contributed by atoms with Crippen molar-refractivity contribution in [2.75, 3.05) is 0 Å². The number of esters is 2. The van der Waals surface area contributed by atoms with Gasteiger partial charge in [-0.05, 0) is 63.8 Å². The first-order valence-corrected chi connectivity index (χ1v) is 13.5. The Labute approximate surface area is 332 Å². The average molecular weight is 807 g/mol. The summed E-state index contributed by atoms with van der Waals surface area (Å²) >= 11 is 0. The molecule has 3 heterocycles. The molecule has 0 aliphatic carbocycles. The molecule has 3 aliphatic heterocycles. The SMILES string of the molecule is C.C.C.CC1=C(C)C(=O)OC1=O.CC1=C(C)C(=O)[N-]C1=O.CC1=C(C)C(=O)[N-]C1=O.CCCC.CCCC.CCCC.[NH2-].[NH2-].[Y].[Y]. The molecule has 0 aromatic carbocycles. The molecule has 13 heteroatoms. The maximum atomic E-state index is 10.5. The van der Waals surface area contributed by atoms with Crippen LogP contribution in [0.4, 0.5) is 0 Å². The van der Waals surface area contributed by atoms with E-state index >= 15 is 0 Å². The van der Waals surface area contributed by atoms with E-state index in [1.807, 2.05) is 0 Å². The second-order valence-electron chi connectivity index (χ2n) is 8.87. The van der Waals surface area contributed by atoms with Gasteiger partial charge in [0.05, 0.1) is 23.6 Å². The molecule has 11 nitrogen and oxygen atoms in total. The largest absolute Gasteiger partial charge is 0.693 e. The number of unbranched alkanes of at least 4 members (excludes halogenated alkanes) is 3. The van der Waals surface area contributed by atoms with E-state index in [2.05, 4.69) is 56.9 Å². The number of imide groups is 2. The van der Waals surface area contributed by atoms with Crippen molar-refractivity contribution in [3.8, 4) is 0 Å². The van der Waals surface area contributed by atoms with Crippen molar-refractivity contribution >= 4 is 35.6 Å². The third kappa shape index (κ3) is 30.1. The monoisotopic (exact) mass is 806 g/mol. The predicted molar refractivity (Wildman–Crippen MR) is 185 cm³/mol. The maximum Gasteiger partial charge on any atom is 0.342 e. The Morgan fingerprint density at radius 1 is 0.391 bits per heavy atom. The first-order chi connectivity index (χ1) is 18.1. The van der Waals surface area contributed by atoms with Crippen molar-refractivity contribution in [2.45, 2.75) is 144 Å². The number of carbonyl (C=O) groups excluding carboxylic acids is 6. The van der Waals surface area contributed by atoms with Gasteiger partial charge in [-0.25, -0.2) is 9.59 Å². The fraction of sp³-hybridized carbons (Fsp3) is 0.636. The normalized spacial score (nSPS) is 13.0. The van der Waals surface area contributed by atoms with Gasteiger partial charge in [-0.2, -0.15) is 0 Å². The molecule has 0 aromatic heterocycles. The molecule has 0 bridgehead atoms. The van der Waals surface area contributed by atoms with Crippen LogP contribution in [0.2, 0.25) is 0 Å². The van der Waals surface area contributed by atoms with Crippen LogP contribution in [0.3, 0.4) is 0 Å². The molecule has 0 saturated carbocycles. The minimum atomic E-state index is -0.516. The molecule has 0 spiro atoms. The number of hydrogen-bond acceptors (Lipinski definition) is 7. The first-order valence-electron chi connectivity index (χ1n) is 13.5. The van der Waals surface area contributed by atoms with E-state index in [-0.39, 0.29) is 100.0 Å². The number of hydrogen-bond donors (Lipinski definition) is 0. The van der Waals surface area contributed by atoms with Crippen molar-refractivity contribution in [3.05, 3.63) is 56.4 Å². The van der Waals surface area contributed by atoms with Gasteiger partial charge in [-0.15, -0.1) is 0 Å². The molecule has 3 rings (SSSR count). The maximum absolute atomic E-state index is 10.5. The van der Waals surface area contributed by atoms with Crippen molar-refractivity contribution in [1.82, 2.24) is 0 Å². The van der Waals surface area contributed by atoms with E-state index in [9.17, 15) is 28.8 Å². The number of nitrogens with two attached hydrogens (primary N) is 2. The molecule has 46 heavy (non-hydrogen) atoms. The summed E-state index contributed by atoms with van der Waals surface area (Å²) < 4.78 is 4.23. The van der Waals surface area contributed by atoms with E-state index in [1.54, 1.807) is 41.5 Å². The standard InChI is InChI=1S/2C6H7NO2.C6H6O3.3C4H10.3CH4.2H2N.2Y/c2*1-3-4(2)6(9)7-5(3)8;1-3-4(2)6(8)9-5(3)7;3*1-3-4-2;;;;;;;/h2*1-2H3,(H,7,8,9);1-2H3;3*3-4H2,1-2H3;3*1H4;2*1H2;;/q;;;;;;;;;2*-1;;/p-2. The van der Waals surface area contributed by atoms with Gasteiger partial charge in [0.25, 0.3) is 0 Å². The zero-order chi connectivity index (χ0) is 31.3. The van der Waals surface area contributed by atoms with Crippen molar-refractivity contribution in [3.63, 3.8) is 0 Å². The summed E-state index contributed by atoms with van der Waals surface area (Å²) in [5.74, 6) is -2.60. The van der Waals surface area contributed by atoms with E-state index in [1.165, 1.54) is 38.5 Å². The van der Waals surface area contributed by atoms with Crippen molar-refractivity contribution in [1.29, 1.82) is 0 Å². The van der Waals surface area contributed by atoms with Crippen molar-refractivity contribution < 1.29 is 98.9 Å². The Morgan fingerprint density at radius 3 is 0.587 bits per heavy atom. The molecule has 0 fully saturated rings. The van der Waals surface area contributed by atoms with Crippen LogP contribution >= 0.6 is 0 Å². The Bertz CT molecular complexity index is 795. The van der Waals surface area contributed by atoms with Gasteiger partial charge in [0.15, 0.2) is 0 Å². The molecule has 0 unspecified atom stereocenters. The zero-order valence-corrected chi connectivity index (χ0v) is 34.0. The first kappa shape index (κ1) is 70.9. The smallest absolute Gasteiger partial charge is 0.342 e. The third-order valence-electron chi connectivity index (χ3n) is 5.67. The number of nitrogens with zero attached hydrogens (tertiary/aromatic N) is 2. The Hall–Kier alpha value is -1.23. The number of cyclic esters (lactones) is 2. The summed E-state index contributed by atoms with van der Waals surface area (Å²) in [6.45, 7) is 22.6. The van der Waals surface area contributed by atoms with Gasteiger partial charge in [0, 0.05) is 76.6 Å². The summed E-state index contributed by atoms with van der Waals surface area (Å²) in [5, 5.41) is 6.40.